The molecule has 0 amide bonds. The maximum absolute atomic E-state index is 5.08. The lowest BCUT2D eigenvalue weighted by Crippen LogP contribution is -2.06. The van der Waals surface area contributed by atoms with Crippen molar-refractivity contribution >= 4 is 43.6 Å². The van der Waals surface area contributed by atoms with Gasteiger partial charge in [-0.1, -0.05) is 97.1 Å². The van der Waals surface area contributed by atoms with Crippen LogP contribution in [-0.2, 0) is 0 Å². The molecular formula is C36H22N8. The molecule has 0 bridgehead atoms. The maximum atomic E-state index is 5.08. The smallest absolute Gasteiger partial charge is 0.238 e. The summed E-state index contributed by atoms with van der Waals surface area (Å²) in [6, 6.07) is 41.3. The maximum Gasteiger partial charge on any atom is 0.238 e. The molecule has 0 atom stereocenters. The molecule has 0 radical (unpaired) electrons. The van der Waals surface area contributed by atoms with Gasteiger partial charge >= 0.3 is 0 Å². The fourth-order valence-corrected chi connectivity index (χ4v) is 6.11. The molecule has 0 saturated carbocycles. The molecule has 0 N–H and O–H groups in total. The minimum Gasteiger partial charge on any atom is -0.278 e. The van der Waals surface area contributed by atoms with E-state index in [1.165, 1.54) is 12.7 Å². The van der Waals surface area contributed by atoms with E-state index in [-0.39, 0.29) is 0 Å². The van der Waals surface area contributed by atoms with Gasteiger partial charge in [-0.25, -0.2) is 19.9 Å². The van der Waals surface area contributed by atoms with Crippen molar-refractivity contribution in [2.45, 2.75) is 0 Å². The lowest BCUT2D eigenvalue weighted by molar-refractivity contribution is 0.939. The standard InChI is InChI=1S/C36H22N8/c1-3-11-23(12-4-1)33-40-34(24-13-5-2-6-14-24)42-36(41-33)44-30-18-10-8-16-26(30)28-19-31-27(20-32(28)44)25-15-7-9-17-29(25)43(31)35-38-21-37-22-39-35/h1-22H. The van der Waals surface area contributed by atoms with Crippen LogP contribution in [0.3, 0.4) is 0 Å². The topological polar surface area (TPSA) is 87.2 Å². The number of rotatable bonds is 4. The summed E-state index contributed by atoms with van der Waals surface area (Å²) in [6.07, 6.45) is 3.06. The van der Waals surface area contributed by atoms with Gasteiger partial charge in [0.25, 0.3) is 0 Å². The highest BCUT2D eigenvalue weighted by Gasteiger charge is 2.21. The van der Waals surface area contributed by atoms with Gasteiger partial charge in [-0.05, 0) is 24.3 Å². The minimum absolute atomic E-state index is 0.560. The largest absolute Gasteiger partial charge is 0.278 e. The van der Waals surface area contributed by atoms with Crippen molar-refractivity contribution in [3.05, 3.63) is 134 Å². The van der Waals surface area contributed by atoms with Crippen LogP contribution in [0, 0.1) is 0 Å². The summed E-state index contributed by atoms with van der Waals surface area (Å²) in [4.78, 5) is 28.1. The van der Waals surface area contributed by atoms with Crippen molar-refractivity contribution in [2.75, 3.05) is 0 Å². The third kappa shape index (κ3) is 3.71. The molecule has 4 aromatic heterocycles. The van der Waals surface area contributed by atoms with Gasteiger partial charge in [-0.3, -0.25) is 9.13 Å². The van der Waals surface area contributed by atoms with Gasteiger partial charge in [0.1, 0.15) is 12.7 Å². The monoisotopic (exact) mass is 566 g/mol. The van der Waals surface area contributed by atoms with Crippen LogP contribution >= 0.6 is 0 Å². The van der Waals surface area contributed by atoms with Crippen molar-refractivity contribution < 1.29 is 0 Å². The van der Waals surface area contributed by atoms with E-state index in [4.69, 9.17) is 15.0 Å². The zero-order valence-corrected chi connectivity index (χ0v) is 23.3. The average Bonchev–Trinajstić information content (AvgIpc) is 3.60. The Hall–Kier alpha value is -6.28. The molecule has 0 aliphatic rings. The van der Waals surface area contributed by atoms with Crippen molar-refractivity contribution in [3.63, 3.8) is 0 Å². The first-order valence-corrected chi connectivity index (χ1v) is 14.3. The molecule has 0 saturated heterocycles. The fourth-order valence-electron chi connectivity index (χ4n) is 6.11. The summed E-state index contributed by atoms with van der Waals surface area (Å²) in [5.41, 5.74) is 5.90. The van der Waals surface area contributed by atoms with Gasteiger partial charge in [-0.15, -0.1) is 0 Å². The van der Waals surface area contributed by atoms with Crippen LogP contribution in [0.15, 0.2) is 134 Å². The number of hydrogen-bond acceptors (Lipinski definition) is 6. The van der Waals surface area contributed by atoms with Crippen LogP contribution < -0.4 is 0 Å². The third-order valence-corrected chi connectivity index (χ3v) is 8.03. The van der Waals surface area contributed by atoms with Crippen LogP contribution in [0.1, 0.15) is 0 Å². The van der Waals surface area contributed by atoms with Gasteiger partial charge < -0.3 is 0 Å². The molecule has 8 heteroatoms. The van der Waals surface area contributed by atoms with E-state index in [1.807, 2.05) is 66.7 Å². The van der Waals surface area contributed by atoms with E-state index >= 15 is 0 Å². The summed E-state index contributed by atoms with van der Waals surface area (Å²) >= 11 is 0. The highest BCUT2D eigenvalue weighted by Crippen LogP contribution is 2.39. The molecule has 8 nitrogen and oxygen atoms in total. The zero-order valence-electron chi connectivity index (χ0n) is 23.3. The van der Waals surface area contributed by atoms with E-state index in [0.717, 1.165) is 54.7 Å². The zero-order chi connectivity index (χ0) is 29.0. The molecule has 0 unspecified atom stereocenters. The fraction of sp³-hybridized carbons (Fsp3) is 0. The molecule has 0 aliphatic carbocycles. The normalized spacial score (nSPS) is 11.6. The van der Waals surface area contributed by atoms with Crippen LogP contribution in [0.5, 0.6) is 0 Å². The van der Waals surface area contributed by atoms with E-state index in [9.17, 15) is 0 Å². The molecular weight excluding hydrogens is 544 g/mol. The summed E-state index contributed by atoms with van der Waals surface area (Å²) in [6.45, 7) is 0. The summed E-state index contributed by atoms with van der Waals surface area (Å²) in [7, 11) is 0. The Kier molecular flexibility index (Phi) is 5.33. The SMILES string of the molecule is c1ccc(-c2nc(-c3ccccc3)nc(-n3c4ccccc4c4cc5c(cc43)c3ccccc3n5-c3ncncn3)n2)cc1. The van der Waals surface area contributed by atoms with Crippen LogP contribution in [0.2, 0.25) is 0 Å². The first-order chi connectivity index (χ1) is 21.8. The lowest BCUT2D eigenvalue weighted by Gasteiger charge is -2.11. The Morgan fingerprint density at radius 1 is 0.386 bits per heavy atom. The summed E-state index contributed by atoms with van der Waals surface area (Å²) < 4.78 is 4.25. The Balaban J connectivity index is 1.40. The van der Waals surface area contributed by atoms with E-state index in [1.54, 1.807) is 0 Å². The van der Waals surface area contributed by atoms with Crippen molar-refractivity contribution in [2.24, 2.45) is 0 Å². The quantitative estimate of drug-likeness (QED) is 0.218. The van der Waals surface area contributed by atoms with Crippen molar-refractivity contribution in [3.8, 4) is 34.7 Å². The Labute approximate surface area is 251 Å². The van der Waals surface area contributed by atoms with Gasteiger partial charge in [-0.2, -0.15) is 9.97 Å². The second-order valence-corrected chi connectivity index (χ2v) is 10.5. The predicted octanol–water partition coefficient (Wildman–Crippen LogP) is 7.58. The number of aromatic nitrogens is 8. The third-order valence-electron chi connectivity index (χ3n) is 8.03. The van der Waals surface area contributed by atoms with Crippen LogP contribution in [0.4, 0.5) is 0 Å². The van der Waals surface area contributed by atoms with Gasteiger partial charge in [0, 0.05) is 32.7 Å². The number of benzene rings is 5. The molecule has 0 fully saturated rings. The highest BCUT2D eigenvalue weighted by molar-refractivity contribution is 6.18. The molecule has 0 spiro atoms. The second-order valence-electron chi connectivity index (χ2n) is 10.5. The summed E-state index contributed by atoms with van der Waals surface area (Å²) in [5, 5.41) is 4.36. The highest BCUT2D eigenvalue weighted by atomic mass is 15.2. The molecule has 0 aliphatic heterocycles. The number of fused-ring (bicyclic) bond motifs is 6. The molecule has 9 aromatic rings. The average molecular weight is 567 g/mol. The van der Waals surface area contributed by atoms with Gasteiger partial charge in [0.05, 0.1) is 22.1 Å². The van der Waals surface area contributed by atoms with E-state index < -0.39 is 0 Å². The first kappa shape index (κ1) is 24.3. The Morgan fingerprint density at radius 2 is 0.841 bits per heavy atom. The Morgan fingerprint density at radius 3 is 1.36 bits per heavy atom. The van der Waals surface area contributed by atoms with Gasteiger partial charge in [0.2, 0.25) is 11.9 Å². The van der Waals surface area contributed by atoms with Crippen LogP contribution in [-0.4, -0.2) is 39.0 Å². The summed E-state index contributed by atoms with van der Waals surface area (Å²) in [5.74, 6) is 2.37. The minimum atomic E-state index is 0.560. The number of nitrogens with zero attached hydrogens (tertiary/aromatic N) is 8. The van der Waals surface area contributed by atoms with Crippen molar-refractivity contribution in [1.29, 1.82) is 0 Å². The second kappa shape index (κ2) is 9.64. The Bertz CT molecular complexity index is 2430. The molecule has 5 aromatic carbocycles. The van der Waals surface area contributed by atoms with Crippen molar-refractivity contribution in [1.82, 2.24) is 39.0 Å². The van der Waals surface area contributed by atoms with Crippen LogP contribution in [0.25, 0.3) is 78.3 Å². The number of hydrogen-bond donors (Lipinski definition) is 0. The molecule has 9 rings (SSSR count). The molecule has 4 heterocycles. The van der Waals surface area contributed by atoms with E-state index in [2.05, 4.69) is 78.7 Å². The number of para-hydroxylation sites is 2. The van der Waals surface area contributed by atoms with Gasteiger partial charge in [0.15, 0.2) is 11.6 Å². The van der Waals surface area contributed by atoms with E-state index in [0.29, 0.717) is 23.5 Å². The molecule has 206 valence electrons. The predicted molar refractivity (Wildman–Crippen MR) is 173 cm³/mol. The first-order valence-electron chi connectivity index (χ1n) is 14.3. The lowest BCUT2D eigenvalue weighted by atomic mass is 10.1. The molecule has 44 heavy (non-hydrogen) atoms.